The number of hydrogen-bond donors (Lipinski definition) is 1. The van der Waals surface area contributed by atoms with Crippen LogP contribution in [0.3, 0.4) is 0 Å². The molecule has 3 aromatic rings. The first-order valence-electron chi connectivity index (χ1n) is 9.67. The molecule has 1 N–H and O–H groups in total. The average Bonchev–Trinajstić information content (AvgIpc) is 3.35. The Morgan fingerprint density at radius 3 is 2.50 bits per heavy atom. The number of amides is 1. The molecule has 2 heterocycles. The first kappa shape index (κ1) is 19.9. The lowest BCUT2D eigenvalue weighted by molar-refractivity contribution is -0.118. The number of carbonyl (C=O) groups is 2. The highest BCUT2D eigenvalue weighted by atomic mass is 32.1. The largest absolute Gasteiger partial charge is 0.503 e. The summed E-state index contributed by atoms with van der Waals surface area (Å²) in [6, 6.07) is 17.9. The van der Waals surface area contributed by atoms with Crippen LogP contribution in [0.5, 0.6) is 11.5 Å². The van der Waals surface area contributed by atoms with Crippen molar-refractivity contribution in [3.63, 3.8) is 0 Å². The molecule has 5 nitrogen and oxygen atoms in total. The standard InChI is InChI=1S/C24H21NO4S/c1-3-19(26)21-22(20-8-5-13-30-20)25(24(28)23(21)27)16-9-11-17(12-10-16)29-18-7-4-6-15(2)14-18/h4-14,22,27H,3H2,1-2H3. The van der Waals surface area contributed by atoms with E-state index in [-0.39, 0.29) is 17.8 Å². The monoisotopic (exact) mass is 419 g/mol. The van der Waals surface area contributed by atoms with Crippen LogP contribution in [0.4, 0.5) is 5.69 Å². The van der Waals surface area contributed by atoms with Crippen LogP contribution in [0, 0.1) is 6.92 Å². The third-order valence-electron chi connectivity index (χ3n) is 4.98. The van der Waals surface area contributed by atoms with E-state index in [1.807, 2.05) is 48.7 Å². The molecule has 0 aliphatic carbocycles. The molecule has 0 fully saturated rings. The Labute approximate surface area is 178 Å². The predicted octanol–water partition coefficient (Wildman–Crippen LogP) is 5.73. The van der Waals surface area contributed by atoms with Gasteiger partial charge in [-0.05, 0) is 60.3 Å². The number of anilines is 1. The third kappa shape index (κ3) is 3.62. The van der Waals surface area contributed by atoms with Crippen molar-refractivity contribution < 1.29 is 19.4 Å². The van der Waals surface area contributed by atoms with Crippen LogP contribution in [0.1, 0.15) is 29.8 Å². The van der Waals surface area contributed by atoms with Crippen molar-refractivity contribution in [3.05, 3.63) is 87.8 Å². The Morgan fingerprint density at radius 2 is 1.87 bits per heavy atom. The van der Waals surface area contributed by atoms with E-state index in [9.17, 15) is 14.7 Å². The van der Waals surface area contributed by atoms with Crippen molar-refractivity contribution in [2.75, 3.05) is 4.90 Å². The van der Waals surface area contributed by atoms with Crippen LogP contribution < -0.4 is 9.64 Å². The zero-order chi connectivity index (χ0) is 21.3. The van der Waals surface area contributed by atoms with Crippen LogP contribution >= 0.6 is 11.3 Å². The van der Waals surface area contributed by atoms with Gasteiger partial charge in [-0.3, -0.25) is 14.5 Å². The van der Waals surface area contributed by atoms with Gasteiger partial charge >= 0.3 is 0 Å². The molecule has 1 atom stereocenters. The van der Waals surface area contributed by atoms with Gasteiger partial charge < -0.3 is 9.84 Å². The average molecular weight is 420 g/mol. The molecule has 1 unspecified atom stereocenters. The summed E-state index contributed by atoms with van der Waals surface area (Å²) < 4.78 is 5.89. The molecular formula is C24H21NO4S. The highest BCUT2D eigenvalue weighted by molar-refractivity contribution is 7.10. The zero-order valence-electron chi connectivity index (χ0n) is 16.7. The van der Waals surface area contributed by atoms with Gasteiger partial charge in [-0.25, -0.2) is 0 Å². The Hall–Kier alpha value is -3.38. The molecule has 30 heavy (non-hydrogen) atoms. The summed E-state index contributed by atoms with van der Waals surface area (Å²) in [5.41, 5.74) is 1.84. The van der Waals surface area contributed by atoms with Gasteiger partial charge in [0, 0.05) is 17.0 Å². The number of aliphatic hydroxyl groups excluding tert-OH is 1. The maximum absolute atomic E-state index is 12.9. The lowest BCUT2D eigenvalue weighted by atomic mass is 10.00. The predicted molar refractivity (Wildman–Crippen MR) is 117 cm³/mol. The number of benzene rings is 2. The van der Waals surface area contributed by atoms with Gasteiger partial charge in [-0.2, -0.15) is 0 Å². The molecule has 0 spiro atoms. The van der Waals surface area contributed by atoms with Crippen molar-refractivity contribution in [1.82, 2.24) is 0 Å². The first-order chi connectivity index (χ1) is 14.5. The number of ketones is 1. The zero-order valence-corrected chi connectivity index (χ0v) is 17.5. The van der Waals surface area contributed by atoms with Gasteiger partial charge in [0.1, 0.15) is 17.5 Å². The van der Waals surface area contributed by atoms with E-state index < -0.39 is 17.7 Å². The van der Waals surface area contributed by atoms with Gasteiger partial charge in [0.25, 0.3) is 5.91 Å². The number of carbonyl (C=O) groups excluding carboxylic acids is 2. The number of thiophene rings is 1. The van der Waals surface area contributed by atoms with Crippen molar-refractivity contribution in [2.24, 2.45) is 0 Å². The molecule has 152 valence electrons. The van der Waals surface area contributed by atoms with Gasteiger partial charge in [0.15, 0.2) is 11.5 Å². The van der Waals surface area contributed by atoms with Gasteiger partial charge in [-0.15, -0.1) is 11.3 Å². The van der Waals surface area contributed by atoms with E-state index in [1.165, 1.54) is 16.2 Å². The van der Waals surface area contributed by atoms with Gasteiger partial charge in [0.05, 0.1) is 5.57 Å². The third-order valence-corrected chi connectivity index (χ3v) is 5.91. The van der Waals surface area contributed by atoms with Crippen LogP contribution in [0.25, 0.3) is 0 Å². The molecule has 2 aromatic carbocycles. The highest BCUT2D eigenvalue weighted by Crippen LogP contribution is 2.43. The van der Waals surface area contributed by atoms with Gasteiger partial charge in [0.2, 0.25) is 0 Å². The second-order valence-corrected chi connectivity index (χ2v) is 8.02. The molecule has 0 saturated carbocycles. The second-order valence-electron chi connectivity index (χ2n) is 7.04. The summed E-state index contributed by atoms with van der Waals surface area (Å²) in [6.07, 6.45) is 0.214. The SMILES string of the molecule is CCC(=O)C1=C(O)C(=O)N(c2ccc(Oc3cccc(C)c3)cc2)C1c1cccs1. The Morgan fingerprint density at radius 1 is 1.10 bits per heavy atom. The number of rotatable bonds is 6. The summed E-state index contributed by atoms with van der Waals surface area (Å²) >= 11 is 1.44. The minimum Gasteiger partial charge on any atom is -0.503 e. The fourth-order valence-corrected chi connectivity index (χ4v) is 4.38. The number of aliphatic hydroxyl groups is 1. The molecular weight excluding hydrogens is 398 g/mol. The summed E-state index contributed by atoms with van der Waals surface area (Å²) in [5.74, 6) is 0.0800. The van der Waals surface area contributed by atoms with Crippen molar-refractivity contribution >= 4 is 28.7 Å². The highest BCUT2D eigenvalue weighted by Gasteiger charge is 2.44. The minimum absolute atomic E-state index is 0.157. The molecule has 0 radical (unpaired) electrons. The minimum atomic E-state index is -0.631. The molecule has 1 aliphatic rings. The van der Waals surface area contributed by atoms with Gasteiger partial charge in [-0.1, -0.05) is 25.1 Å². The maximum Gasteiger partial charge on any atom is 0.294 e. The number of ether oxygens (including phenoxy) is 1. The second kappa shape index (κ2) is 8.16. The molecule has 0 saturated heterocycles. The number of nitrogens with zero attached hydrogens (tertiary/aromatic N) is 1. The topological polar surface area (TPSA) is 66.8 Å². The molecule has 1 aromatic heterocycles. The van der Waals surface area contributed by atoms with E-state index >= 15 is 0 Å². The summed E-state index contributed by atoms with van der Waals surface area (Å²) in [7, 11) is 0. The van der Waals surface area contributed by atoms with Crippen LogP contribution in [0.15, 0.2) is 77.4 Å². The fraction of sp³-hybridized carbons (Fsp3) is 0.167. The normalized spacial score (nSPS) is 16.3. The molecule has 4 rings (SSSR count). The van der Waals surface area contributed by atoms with Crippen molar-refractivity contribution in [1.29, 1.82) is 0 Å². The fourth-order valence-electron chi connectivity index (χ4n) is 3.55. The van der Waals surface area contributed by atoms with Crippen LogP contribution in [-0.4, -0.2) is 16.8 Å². The summed E-state index contributed by atoms with van der Waals surface area (Å²) in [4.78, 5) is 27.7. The van der Waals surface area contributed by atoms with Crippen LogP contribution in [-0.2, 0) is 9.59 Å². The van der Waals surface area contributed by atoms with E-state index in [1.54, 1.807) is 31.2 Å². The van der Waals surface area contributed by atoms with E-state index in [0.717, 1.165) is 16.2 Å². The first-order valence-corrected chi connectivity index (χ1v) is 10.6. The van der Waals surface area contributed by atoms with E-state index in [4.69, 9.17) is 4.74 Å². The summed E-state index contributed by atoms with van der Waals surface area (Å²) in [5, 5.41) is 12.4. The Kier molecular flexibility index (Phi) is 5.42. The van der Waals surface area contributed by atoms with Crippen LogP contribution in [0.2, 0.25) is 0 Å². The Balaban J connectivity index is 1.67. The number of Topliss-reactive ketones (excluding diaryl/α,β-unsaturated/α-hetero) is 1. The molecule has 1 aliphatic heterocycles. The van der Waals surface area contributed by atoms with E-state index in [0.29, 0.717) is 11.4 Å². The number of hydrogen-bond acceptors (Lipinski definition) is 5. The Bertz CT molecular complexity index is 1120. The van der Waals surface area contributed by atoms with Crippen molar-refractivity contribution in [3.8, 4) is 11.5 Å². The summed E-state index contributed by atoms with van der Waals surface area (Å²) in [6.45, 7) is 3.72. The van der Waals surface area contributed by atoms with Crippen molar-refractivity contribution in [2.45, 2.75) is 26.3 Å². The quantitative estimate of drug-likeness (QED) is 0.554. The van der Waals surface area contributed by atoms with E-state index in [2.05, 4.69) is 0 Å². The molecule has 1 amide bonds. The maximum atomic E-state index is 12.9. The lowest BCUT2D eigenvalue weighted by Gasteiger charge is -2.25. The molecule has 6 heteroatoms. The number of aryl methyl sites for hydroxylation is 1. The lowest BCUT2D eigenvalue weighted by Crippen LogP contribution is -2.30. The smallest absolute Gasteiger partial charge is 0.294 e. The molecule has 0 bridgehead atoms.